The van der Waals surface area contributed by atoms with Crippen LogP contribution >= 0.6 is 23.1 Å². The summed E-state index contributed by atoms with van der Waals surface area (Å²) < 4.78 is 7.54. The number of methoxy groups -OCH3 is 1. The number of hydrogen-bond donors (Lipinski definition) is 0. The summed E-state index contributed by atoms with van der Waals surface area (Å²) in [4.78, 5) is 18.7. The van der Waals surface area contributed by atoms with Crippen molar-refractivity contribution < 1.29 is 9.53 Å². The SMILES string of the molecule is COc1ccccc1N(C(C)=O)c1nc(CSc2nnc(C)n2Cc2ccccc2)cs1. The molecule has 0 spiro atoms. The zero-order valence-corrected chi connectivity index (χ0v) is 19.7. The van der Waals surface area contributed by atoms with Crippen LogP contribution in [0.2, 0.25) is 0 Å². The molecule has 2 aromatic heterocycles. The summed E-state index contributed by atoms with van der Waals surface area (Å²) in [7, 11) is 1.59. The third-order valence-corrected chi connectivity index (χ3v) is 6.68. The molecule has 0 fully saturated rings. The third kappa shape index (κ3) is 4.84. The molecule has 0 aliphatic heterocycles. The van der Waals surface area contributed by atoms with Gasteiger partial charge in [-0.15, -0.1) is 21.5 Å². The lowest BCUT2D eigenvalue weighted by atomic mass is 10.2. The maximum atomic E-state index is 12.4. The summed E-state index contributed by atoms with van der Waals surface area (Å²) in [5.74, 6) is 2.00. The van der Waals surface area contributed by atoms with Gasteiger partial charge in [-0.1, -0.05) is 54.2 Å². The summed E-state index contributed by atoms with van der Waals surface area (Å²) in [6.45, 7) is 4.20. The Morgan fingerprint density at radius 1 is 1.12 bits per heavy atom. The summed E-state index contributed by atoms with van der Waals surface area (Å²) in [5.41, 5.74) is 2.75. The Morgan fingerprint density at radius 3 is 2.62 bits per heavy atom. The molecule has 0 radical (unpaired) electrons. The van der Waals surface area contributed by atoms with Gasteiger partial charge in [0.1, 0.15) is 11.6 Å². The first-order valence-electron chi connectivity index (χ1n) is 10.0. The predicted molar refractivity (Wildman–Crippen MR) is 128 cm³/mol. The lowest BCUT2D eigenvalue weighted by Crippen LogP contribution is -2.23. The van der Waals surface area contributed by atoms with Gasteiger partial charge in [0.15, 0.2) is 10.3 Å². The molecule has 0 saturated heterocycles. The van der Waals surface area contributed by atoms with Crippen LogP contribution in [0, 0.1) is 6.92 Å². The van der Waals surface area contributed by atoms with E-state index < -0.39 is 0 Å². The number of carbonyl (C=O) groups is 1. The van der Waals surface area contributed by atoms with Gasteiger partial charge in [-0.3, -0.25) is 9.69 Å². The molecule has 0 aliphatic carbocycles. The molecule has 0 atom stereocenters. The summed E-state index contributed by atoms with van der Waals surface area (Å²) in [5, 5.41) is 12.0. The number of amides is 1. The van der Waals surface area contributed by atoms with Crippen molar-refractivity contribution in [2.45, 2.75) is 31.3 Å². The average Bonchev–Trinajstić information content (AvgIpc) is 3.40. The standard InChI is InChI=1S/C23H23N5O2S2/c1-16-25-26-23(27(16)13-18-9-5-4-6-10-18)32-15-19-14-31-22(24-19)28(17(2)29)20-11-7-8-12-21(20)30-3/h4-12,14H,13,15H2,1-3H3. The number of thiazole rings is 1. The largest absolute Gasteiger partial charge is 0.495 e. The molecule has 2 aromatic carbocycles. The van der Waals surface area contributed by atoms with Crippen LogP contribution in [0.1, 0.15) is 24.0 Å². The summed E-state index contributed by atoms with van der Waals surface area (Å²) in [6.07, 6.45) is 0. The van der Waals surface area contributed by atoms with Crippen molar-refractivity contribution in [1.82, 2.24) is 19.7 Å². The monoisotopic (exact) mass is 465 g/mol. The first-order chi connectivity index (χ1) is 15.6. The Labute approximate surface area is 195 Å². The van der Waals surface area contributed by atoms with Crippen molar-refractivity contribution in [1.29, 1.82) is 0 Å². The zero-order chi connectivity index (χ0) is 22.5. The molecular formula is C23H23N5O2S2. The highest BCUT2D eigenvalue weighted by molar-refractivity contribution is 7.98. The molecule has 0 saturated carbocycles. The van der Waals surface area contributed by atoms with Crippen LogP contribution in [0.25, 0.3) is 0 Å². The number of aromatic nitrogens is 4. The van der Waals surface area contributed by atoms with Crippen LogP contribution in [0.5, 0.6) is 5.75 Å². The maximum Gasteiger partial charge on any atom is 0.230 e. The highest BCUT2D eigenvalue weighted by Crippen LogP contribution is 2.36. The van der Waals surface area contributed by atoms with E-state index in [-0.39, 0.29) is 5.91 Å². The number of rotatable bonds is 8. The number of benzene rings is 2. The first kappa shape index (κ1) is 22.0. The van der Waals surface area contributed by atoms with E-state index in [9.17, 15) is 4.79 Å². The smallest absolute Gasteiger partial charge is 0.230 e. The number of nitrogens with zero attached hydrogens (tertiary/aromatic N) is 5. The van der Waals surface area contributed by atoms with E-state index in [0.29, 0.717) is 22.3 Å². The fourth-order valence-corrected chi connectivity index (χ4v) is 5.10. The van der Waals surface area contributed by atoms with E-state index in [1.807, 2.05) is 54.8 Å². The highest BCUT2D eigenvalue weighted by atomic mass is 32.2. The molecule has 1 amide bonds. The van der Waals surface area contributed by atoms with Gasteiger partial charge < -0.3 is 9.30 Å². The average molecular weight is 466 g/mol. The molecular weight excluding hydrogens is 442 g/mol. The van der Waals surface area contributed by atoms with E-state index >= 15 is 0 Å². The molecule has 32 heavy (non-hydrogen) atoms. The Hall–Kier alpha value is -3.17. The fraction of sp³-hybridized carbons (Fsp3) is 0.217. The number of para-hydroxylation sites is 2. The van der Waals surface area contributed by atoms with E-state index in [1.165, 1.54) is 23.8 Å². The maximum absolute atomic E-state index is 12.4. The normalized spacial score (nSPS) is 10.8. The second-order valence-electron chi connectivity index (χ2n) is 7.04. The minimum atomic E-state index is -0.124. The van der Waals surface area contributed by atoms with E-state index in [4.69, 9.17) is 9.72 Å². The van der Waals surface area contributed by atoms with E-state index in [1.54, 1.807) is 23.8 Å². The van der Waals surface area contributed by atoms with Crippen LogP contribution in [0.3, 0.4) is 0 Å². The van der Waals surface area contributed by atoms with Gasteiger partial charge in [-0.25, -0.2) is 4.98 Å². The van der Waals surface area contributed by atoms with E-state index in [0.717, 1.165) is 23.2 Å². The minimum absolute atomic E-state index is 0.124. The van der Waals surface area contributed by atoms with Crippen molar-refractivity contribution >= 4 is 39.8 Å². The van der Waals surface area contributed by atoms with Gasteiger partial charge in [-0.05, 0) is 24.6 Å². The molecule has 7 nitrogen and oxygen atoms in total. The molecule has 0 N–H and O–H groups in total. The molecule has 4 aromatic rings. The van der Waals surface area contributed by atoms with Crippen LogP contribution in [0.15, 0.2) is 65.1 Å². The lowest BCUT2D eigenvalue weighted by molar-refractivity contribution is -0.115. The quantitative estimate of drug-likeness (QED) is 0.338. The number of carbonyl (C=O) groups excluding carboxylic acids is 1. The molecule has 9 heteroatoms. The molecule has 164 valence electrons. The van der Waals surface area contributed by atoms with Gasteiger partial charge in [0, 0.05) is 18.1 Å². The van der Waals surface area contributed by atoms with Gasteiger partial charge in [0.2, 0.25) is 5.91 Å². The Morgan fingerprint density at radius 2 is 1.88 bits per heavy atom. The van der Waals surface area contributed by atoms with Crippen LogP contribution < -0.4 is 9.64 Å². The van der Waals surface area contributed by atoms with Crippen molar-refractivity contribution in [3.05, 3.63) is 77.1 Å². The van der Waals surface area contributed by atoms with E-state index in [2.05, 4.69) is 26.9 Å². The zero-order valence-electron chi connectivity index (χ0n) is 18.1. The second-order valence-corrected chi connectivity index (χ2v) is 8.82. The van der Waals surface area contributed by atoms with Crippen molar-refractivity contribution in [3.63, 3.8) is 0 Å². The Bertz CT molecular complexity index is 1210. The molecule has 0 bridgehead atoms. The topological polar surface area (TPSA) is 73.1 Å². The third-order valence-electron chi connectivity index (χ3n) is 4.81. The lowest BCUT2D eigenvalue weighted by Gasteiger charge is -2.20. The van der Waals surface area contributed by atoms with Crippen molar-refractivity contribution in [3.8, 4) is 5.75 Å². The number of thioether (sulfide) groups is 1. The van der Waals surface area contributed by atoms with Crippen LogP contribution in [-0.2, 0) is 17.1 Å². The number of ether oxygens (including phenoxy) is 1. The molecule has 4 rings (SSSR count). The van der Waals surface area contributed by atoms with Gasteiger partial charge in [0.05, 0.1) is 25.0 Å². The van der Waals surface area contributed by atoms with Crippen molar-refractivity contribution in [2.24, 2.45) is 0 Å². The second kappa shape index (κ2) is 9.97. The number of aryl methyl sites for hydroxylation is 1. The van der Waals surface area contributed by atoms with Crippen LogP contribution in [-0.4, -0.2) is 32.8 Å². The minimum Gasteiger partial charge on any atom is -0.495 e. The Balaban J connectivity index is 1.51. The van der Waals surface area contributed by atoms with Gasteiger partial charge in [-0.2, -0.15) is 0 Å². The number of hydrogen-bond acceptors (Lipinski definition) is 7. The summed E-state index contributed by atoms with van der Waals surface area (Å²) >= 11 is 3.01. The van der Waals surface area contributed by atoms with Gasteiger partial charge >= 0.3 is 0 Å². The highest BCUT2D eigenvalue weighted by Gasteiger charge is 2.21. The predicted octanol–water partition coefficient (Wildman–Crippen LogP) is 5.08. The molecule has 0 unspecified atom stereocenters. The fourth-order valence-electron chi connectivity index (χ4n) is 3.24. The Kier molecular flexibility index (Phi) is 6.87. The van der Waals surface area contributed by atoms with Gasteiger partial charge in [0.25, 0.3) is 0 Å². The van der Waals surface area contributed by atoms with Crippen molar-refractivity contribution in [2.75, 3.05) is 12.0 Å². The number of anilines is 2. The molecule has 2 heterocycles. The summed E-state index contributed by atoms with van der Waals surface area (Å²) in [6, 6.07) is 17.7. The first-order valence-corrected chi connectivity index (χ1v) is 11.9. The van der Waals surface area contributed by atoms with Crippen LogP contribution in [0.4, 0.5) is 10.8 Å². The molecule has 0 aliphatic rings.